The molecule has 1 N–H and O–H groups in total. The second-order valence-corrected chi connectivity index (χ2v) is 5.41. The Morgan fingerprint density at radius 2 is 2.30 bits per heavy atom. The number of hydrogen-bond donors (Lipinski definition) is 1. The van der Waals surface area contributed by atoms with Gasteiger partial charge in [-0.2, -0.15) is 0 Å². The van der Waals surface area contributed by atoms with Crippen LogP contribution in [0.15, 0.2) is 32.7 Å². The van der Waals surface area contributed by atoms with Crippen LogP contribution in [0.25, 0.3) is 0 Å². The van der Waals surface area contributed by atoms with E-state index in [4.69, 9.17) is 5.11 Å². The highest BCUT2D eigenvalue weighted by Gasteiger charge is 2.19. The Labute approximate surface area is 124 Å². The number of tetrazole rings is 1. The van der Waals surface area contributed by atoms with E-state index in [9.17, 15) is 14.9 Å². The van der Waals surface area contributed by atoms with E-state index in [1.807, 2.05) is 0 Å². The second-order valence-electron chi connectivity index (χ2n) is 3.48. The minimum absolute atomic E-state index is 0.116. The largest absolute Gasteiger partial charge is 0.480 e. The average molecular weight is 360 g/mol. The molecule has 1 aromatic heterocycles. The van der Waals surface area contributed by atoms with E-state index in [0.717, 1.165) is 16.4 Å². The lowest BCUT2D eigenvalue weighted by atomic mass is 10.3. The summed E-state index contributed by atoms with van der Waals surface area (Å²) >= 11 is 4.08. The third kappa shape index (κ3) is 3.30. The van der Waals surface area contributed by atoms with Gasteiger partial charge in [-0.25, -0.2) is 4.68 Å². The van der Waals surface area contributed by atoms with Crippen molar-refractivity contribution in [1.82, 2.24) is 20.2 Å². The number of rotatable bonds is 5. The first kappa shape index (κ1) is 14.4. The molecule has 20 heavy (non-hydrogen) atoms. The number of halogens is 1. The molecule has 0 bridgehead atoms. The summed E-state index contributed by atoms with van der Waals surface area (Å²) in [6.07, 6.45) is 0. The maximum absolute atomic E-state index is 11.0. The molecule has 0 aliphatic rings. The third-order valence-electron chi connectivity index (χ3n) is 2.10. The second kappa shape index (κ2) is 5.96. The van der Waals surface area contributed by atoms with Gasteiger partial charge in [-0.15, -0.1) is 5.10 Å². The Balaban J connectivity index is 2.33. The van der Waals surface area contributed by atoms with E-state index in [2.05, 4.69) is 31.5 Å². The van der Waals surface area contributed by atoms with Gasteiger partial charge < -0.3 is 5.11 Å². The van der Waals surface area contributed by atoms with E-state index in [1.54, 1.807) is 6.07 Å². The highest BCUT2D eigenvalue weighted by molar-refractivity contribution is 9.10. The van der Waals surface area contributed by atoms with Gasteiger partial charge in [-0.1, -0.05) is 15.9 Å². The minimum atomic E-state index is -1.11. The number of benzene rings is 1. The van der Waals surface area contributed by atoms with Crippen LogP contribution in [0.3, 0.4) is 0 Å². The van der Waals surface area contributed by atoms with Crippen LogP contribution in [0, 0.1) is 10.1 Å². The average Bonchev–Trinajstić information content (AvgIpc) is 2.78. The number of carboxylic acid groups (broad SMARTS) is 1. The molecule has 0 radical (unpaired) electrons. The van der Waals surface area contributed by atoms with Crippen molar-refractivity contribution in [3.63, 3.8) is 0 Å². The predicted octanol–water partition coefficient (Wildman–Crippen LogP) is 1.58. The first-order chi connectivity index (χ1) is 9.47. The Kier molecular flexibility index (Phi) is 4.29. The fourth-order valence-electron chi connectivity index (χ4n) is 1.31. The number of hydrogen-bond acceptors (Lipinski definition) is 7. The van der Waals surface area contributed by atoms with Crippen molar-refractivity contribution in [3.05, 3.63) is 32.8 Å². The van der Waals surface area contributed by atoms with E-state index in [-0.39, 0.29) is 10.8 Å². The predicted molar refractivity (Wildman–Crippen MR) is 70.4 cm³/mol. The van der Waals surface area contributed by atoms with Gasteiger partial charge in [0.2, 0.25) is 5.16 Å². The first-order valence-corrected chi connectivity index (χ1v) is 6.68. The zero-order chi connectivity index (χ0) is 14.7. The van der Waals surface area contributed by atoms with Crippen LogP contribution in [-0.4, -0.2) is 36.2 Å². The molecular weight excluding hydrogens is 354 g/mol. The molecule has 0 amide bonds. The lowest BCUT2D eigenvalue weighted by Crippen LogP contribution is -2.11. The summed E-state index contributed by atoms with van der Waals surface area (Å²) in [4.78, 5) is 21.4. The molecule has 0 aliphatic heterocycles. The number of carbonyl (C=O) groups is 1. The summed E-state index contributed by atoms with van der Waals surface area (Å²) in [5.74, 6) is -1.11. The number of aromatic nitrogens is 4. The Bertz CT molecular complexity index is 676. The summed E-state index contributed by atoms with van der Waals surface area (Å²) in [5.41, 5.74) is -0.116. The molecule has 0 unspecified atom stereocenters. The number of carboxylic acids is 1. The van der Waals surface area contributed by atoms with Crippen LogP contribution >= 0.6 is 27.7 Å². The smallest absolute Gasteiger partial charge is 0.325 e. The molecule has 104 valence electrons. The Morgan fingerprint density at radius 3 is 2.95 bits per heavy atom. The van der Waals surface area contributed by atoms with E-state index < -0.39 is 17.4 Å². The Morgan fingerprint density at radius 1 is 1.55 bits per heavy atom. The van der Waals surface area contributed by atoms with Gasteiger partial charge in [-0.05, 0) is 34.3 Å². The summed E-state index contributed by atoms with van der Waals surface area (Å²) in [6.45, 7) is -0.417. The normalized spacial score (nSPS) is 10.4. The van der Waals surface area contributed by atoms with Crippen molar-refractivity contribution in [2.45, 2.75) is 16.6 Å². The summed E-state index contributed by atoms with van der Waals surface area (Å²) in [5, 5.41) is 30.4. The summed E-state index contributed by atoms with van der Waals surface area (Å²) in [6, 6.07) is 4.53. The monoisotopic (exact) mass is 359 g/mol. The molecule has 1 heterocycles. The molecule has 1 aromatic carbocycles. The van der Waals surface area contributed by atoms with Crippen LogP contribution in [0.4, 0.5) is 5.69 Å². The standard InChI is InChI=1S/C9H6BrN5O4S/c10-5-1-2-7(6(3-5)15(18)19)20-9-11-12-13-14(9)4-8(16)17/h1-3H,4H2,(H,16,17). The summed E-state index contributed by atoms with van der Waals surface area (Å²) < 4.78 is 1.62. The molecule has 0 saturated carbocycles. The molecule has 0 aliphatic carbocycles. The van der Waals surface area contributed by atoms with Gasteiger partial charge in [0, 0.05) is 10.5 Å². The van der Waals surface area contributed by atoms with E-state index in [0.29, 0.717) is 9.37 Å². The number of nitrogens with zero attached hydrogens (tertiary/aromatic N) is 5. The fourth-order valence-corrected chi connectivity index (χ4v) is 2.52. The van der Waals surface area contributed by atoms with Crippen LogP contribution < -0.4 is 0 Å². The lowest BCUT2D eigenvalue weighted by Gasteiger charge is -2.03. The molecule has 2 rings (SSSR count). The van der Waals surface area contributed by atoms with Crippen molar-refractivity contribution < 1.29 is 14.8 Å². The zero-order valence-electron chi connectivity index (χ0n) is 9.63. The number of aliphatic carboxylic acids is 1. The molecular formula is C9H6BrN5O4S. The van der Waals surface area contributed by atoms with Gasteiger partial charge in [0.05, 0.1) is 9.82 Å². The SMILES string of the molecule is O=C(O)Cn1nnnc1Sc1ccc(Br)cc1[N+](=O)[O-]. The Hall–Kier alpha value is -2.01. The highest BCUT2D eigenvalue weighted by Crippen LogP contribution is 2.35. The van der Waals surface area contributed by atoms with Crippen molar-refractivity contribution in [2.75, 3.05) is 0 Å². The minimum Gasteiger partial charge on any atom is -0.480 e. The van der Waals surface area contributed by atoms with Crippen molar-refractivity contribution in [1.29, 1.82) is 0 Å². The maximum Gasteiger partial charge on any atom is 0.325 e. The maximum atomic E-state index is 11.0. The topological polar surface area (TPSA) is 124 Å². The van der Waals surface area contributed by atoms with Crippen LogP contribution in [-0.2, 0) is 11.3 Å². The molecule has 2 aromatic rings. The van der Waals surface area contributed by atoms with Gasteiger partial charge in [-0.3, -0.25) is 14.9 Å². The van der Waals surface area contributed by atoms with Crippen molar-refractivity contribution in [3.8, 4) is 0 Å². The fraction of sp³-hybridized carbons (Fsp3) is 0.111. The number of nitro groups is 1. The molecule has 9 nitrogen and oxygen atoms in total. The number of nitro benzene ring substituents is 1. The zero-order valence-corrected chi connectivity index (χ0v) is 12.0. The lowest BCUT2D eigenvalue weighted by molar-refractivity contribution is -0.387. The van der Waals surface area contributed by atoms with Gasteiger partial charge in [0.1, 0.15) is 6.54 Å². The van der Waals surface area contributed by atoms with Gasteiger partial charge in [0.25, 0.3) is 5.69 Å². The molecule has 0 fully saturated rings. The highest BCUT2D eigenvalue weighted by atomic mass is 79.9. The van der Waals surface area contributed by atoms with Crippen LogP contribution in [0.1, 0.15) is 0 Å². The molecule has 0 spiro atoms. The van der Waals surface area contributed by atoms with E-state index >= 15 is 0 Å². The van der Waals surface area contributed by atoms with Crippen LogP contribution in [0.5, 0.6) is 0 Å². The summed E-state index contributed by atoms with van der Waals surface area (Å²) in [7, 11) is 0. The van der Waals surface area contributed by atoms with E-state index in [1.165, 1.54) is 12.1 Å². The first-order valence-electron chi connectivity index (χ1n) is 5.07. The third-order valence-corrected chi connectivity index (χ3v) is 3.64. The molecule has 0 saturated heterocycles. The molecule has 11 heteroatoms. The van der Waals surface area contributed by atoms with Crippen LogP contribution in [0.2, 0.25) is 0 Å². The van der Waals surface area contributed by atoms with Crippen molar-refractivity contribution >= 4 is 39.3 Å². The molecule has 0 atom stereocenters. The van der Waals surface area contributed by atoms with Gasteiger partial charge >= 0.3 is 5.97 Å². The van der Waals surface area contributed by atoms with Crippen molar-refractivity contribution in [2.24, 2.45) is 0 Å². The quantitative estimate of drug-likeness (QED) is 0.630. The van der Waals surface area contributed by atoms with Gasteiger partial charge in [0.15, 0.2) is 0 Å².